The van der Waals surface area contributed by atoms with Crippen molar-refractivity contribution in [2.75, 3.05) is 18.7 Å². The van der Waals surface area contributed by atoms with Gasteiger partial charge in [0.2, 0.25) is 0 Å². The lowest BCUT2D eigenvalue weighted by Gasteiger charge is -2.15. The monoisotopic (exact) mass is 560 g/mol. The first kappa shape index (κ1) is 23.3. The van der Waals surface area contributed by atoms with E-state index in [1.165, 1.54) is 19.2 Å². The smallest absolute Gasteiger partial charge is 0.416 e. The molecular formula is C21H17Br2F3N2O3. The molecule has 31 heavy (non-hydrogen) atoms. The molecule has 0 saturated carbocycles. The van der Waals surface area contributed by atoms with Crippen molar-refractivity contribution in [2.24, 2.45) is 5.10 Å². The number of carbonyl (C=O) groups is 1. The number of hydrazone groups is 1. The summed E-state index contributed by atoms with van der Waals surface area (Å²) in [6.07, 6.45) is -2.92. The molecule has 0 bridgehead atoms. The maximum atomic E-state index is 13.1. The molecule has 0 radical (unpaired) electrons. The van der Waals surface area contributed by atoms with E-state index in [-0.39, 0.29) is 11.3 Å². The molecule has 0 N–H and O–H groups in total. The number of nitrogens with zero attached hydrogens (tertiary/aromatic N) is 2. The van der Waals surface area contributed by atoms with E-state index >= 15 is 0 Å². The molecule has 0 fully saturated rings. The van der Waals surface area contributed by atoms with E-state index in [0.29, 0.717) is 38.3 Å². The van der Waals surface area contributed by atoms with Crippen molar-refractivity contribution in [3.8, 4) is 11.5 Å². The summed E-state index contributed by atoms with van der Waals surface area (Å²) < 4.78 is 51.4. The van der Waals surface area contributed by atoms with Gasteiger partial charge in [-0.25, -0.2) is 0 Å². The Kier molecular flexibility index (Phi) is 6.80. The number of rotatable bonds is 5. The summed E-state index contributed by atoms with van der Waals surface area (Å²) in [6.45, 7) is 3.89. The van der Waals surface area contributed by atoms with E-state index in [2.05, 4.69) is 37.0 Å². The fraction of sp³-hybridized carbons (Fsp3) is 0.238. The average Bonchev–Trinajstić information content (AvgIpc) is 3.01. The topological polar surface area (TPSA) is 51.1 Å². The van der Waals surface area contributed by atoms with Gasteiger partial charge in [0.05, 0.1) is 40.7 Å². The Morgan fingerprint density at radius 1 is 1.19 bits per heavy atom. The lowest BCUT2D eigenvalue weighted by Crippen LogP contribution is -2.21. The van der Waals surface area contributed by atoms with Crippen LogP contribution in [0, 0.1) is 0 Å². The van der Waals surface area contributed by atoms with E-state index in [1.807, 2.05) is 6.92 Å². The van der Waals surface area contributed by atoms with E-state index in [4.69, 9.17) is 9.47 Å². The van der Waals surface area contributed by atoms with Gasteiger partial charge in [-0.1, -0.05) is 6.07 Å². The molecule has 0 spiro atoms. The number of carbonyl (C=O) groups excluding carboxylic acids is 1. The zero-order chi connectivity index (χ0) is 22.9. The van der Waals surface area contributed by atoms with Crippen LogP contribution in [0.2, 0.25) is 0 Å². The van der Waals surface area contributed by atoms with Crippen molar-refractivity contribution < 1.29 is 27.4 Å². The minimum Gasteiger partial charge on any atom is -0.493 e. The second-order valence-corrected chi connectivity index (χ2v) is 8.05. The first-order chi connectivity index (χ1) is 14.6. The van der Waals surface area contributed by atoms with Crippen LogP contribution < -0.4 is 14.5 Å². The lowest BCUT2D eigenvalue weighted by atomic mass is 10.1. The van der Waals surface area contributed by atoms with Crippen LogP contribution in [-0.4, -0.2) is 25.3 Å². The third kappa shape index (κ3) is 4.64. The molecule has 2 aromatic carbocycles. The highest BCUT2D eigenvalue weighted by molar-refractivity contribution is 9.13. The van der Waals surface area contributed by atoms with Gasteiger partial charge >= 0.3 is 6.18 Å². The molecule has 164 valence electrons. The standard InChI is InChI=1S/C21H17Br2F3N2O3/c1-4-31-19-16(30-3)9-12(17(22)18(19)23)8-15-11(2)27-28(20(15)29)14-7-5-6-13(10-14)21(24,25)26/h5-10H,4H2,1-3H3/b15-8-. The van der Waals surface area contributed by atoms with Crippen LogP contribution in [0.15, 0.2) is 50.0 Å². The van der Waals surface area contributed by atoms with Gasteiger partial charge in [-0.15, -0.1) is 0 Å². The minimum atomic E-state index is -4.52. The highest BCUT2D eigenvalue weighted by Gasteiger charge is 2.33. The summed E-state index contributed by atoms with van der Waals surface area (Å²) in [5, 5.41) is 5.13. The number of hydrogen-bond donors (Lipinski definition) is 0. The third-order valence-electron chi connectivity index (χ3n) is 4.44. The molecule has 1 amide bonds. The molecule has 1 aliphatic rings. The molecule has 0 aliphatic carbocycles. The molecule has 0 unspecified atom stereocenters. The molecule has 3 rings (SSSR count). The average molecular weight is 562 g/mol. The number of alkyl halides is 3. The van der Waals surface area contributed by atoms with Crippen molar-refractivity contribution in [2.45, 2.75) is 20.0 Å². The van der Waals surface area contributed by atoms with Crippen LogP contribution in [0.3, 0.4) is 0 Å². The molecule has 0 saturated heterocycles. The molecule has 0 atom stereocenters. The number of halogens is 5. The number of hydrogen-bond acceptors (Lipinski definition) is 4. The van der Waals surface area contributed by atoms with Gasteiger partial charge in [-0.05, 0) is 81.6 Å². The van der Waals surface area contributed by atoms with Crippen LogP contribution in [-0.2, 0) is 11.0 Å². The van der Waals surface area contributed by atoms with E-state index in [1.54, 1.807) is 19.1 Å². The fourth-order valence-corrected chi connectivity index (χ4v) is 3.92. The Hall–Kier alpha value is -2.33. The van der Waals surface area contributed by atoms with E-state index < -0.39 is 17.6 Å². The highest BCUT2D eigenvalue weighted by atomic mass is 79.9. The zero-order valence-electron chi connectivity index (χ0n) is 16.7. The van der Waals surface area contributed by atoms with Gasteiger partial charge in [-0.2, -0.15) is 23.3 Å². The zero-order valence-corrected chi connectivity index (χ0v) is 19.9. The Morgan fingerprint density at radius 2 is 1.90 bits per heavy atom. The lowest BCUT2D eigenvalue weighted by molar-refractivity contribution is -0.137. The fourth-order valence-electron chi connectivity index (χ4n) is 2.97. The van der Waals surface area contributed by atoms with Crippen molar-refractivity contribution in [3.63, 3.8) is 0 Å². The Labute approximate surface area is 193 Å². The maximum absolute atomic E-state index is 13.1. The second kappa shape index (κ2) is 9.04. The van der Waals surface area contributed by atoms with Crippen LogP contribution in [0.4, 0.5) is 18.9 Å². The van der Waals surface area contributed by atoms with Gasteiger partial charge in [0.15, 0.2) is 11.5 Å². The Bertz CT molecular complexity index is 1100. The summed E-state index contributed by atoms with van der Waals surface area (Å²) in [5.41, 5.74) is 0.406. The van der Waals surface area contributed by atoms with Gasteiger partial charge < -0.3 is 9.47 Å². The number of anilines is 1. The van der Waals surface area contributed by atoms with Crippen LogP contribution in [0.5, 0.6) is 11.5 Å². The van der Waals surface area contributed by atoms with Crippen LogP contribution in [0.25, 0.3) is 6.08 Å². The molecular weight excluding hydrogens is 545 g/mol. The second-order valence-electron chi connectivity index (χ2n) is 6.47. The molecule has 2 aromatic rings. The van der Waals surface area contributed by atoms with Gasteiger partial charge in [0.1, 0.15) is 0 Å². The van der Waals surface area contributed by atoms with Crippen LogP contribution in [0.1, 0.15) is 25.0 Å². The summed E-state index contributed by atoms with van der Waals surface area (Å²) in [4.78, 5) is 13.0. The molecule has 1 heterocycles. The van der Waals surface area contributed by atoms with E-state index in [0.717, 1.165) is 17.1 Å². The summed E-state index contributed by atoms with van der Waals surface area (Å²) >= 11 is 6.95. The van der Waals surface area contributed by atoms with E-state index in [9.17, 15) is 18.0 Å². The van der Waals surface area contributed by atoms with Crippen molar-refractivity contribution >= 4 is 55.2 Å². The summed E-state index contributed by atoms with van der Waals surface area (Å²) in [7, 11) is 1.50. The maximum Gasteiger partial charge on any atom is 0.416 e. The Balaban J connectivity index is 2.02. The first-order valence-electron chi connectivity index (χ1n) is 9.06. The molecule has 1 aliphatic heterocycles. The van der Waals surface area contributed by atoms with Crippen LogP contribution >= 0.6 is 31.9 Å². The van der Waals surface area contributed by atoms with Crippen molar-refractivity contribution in [1.82, 2.24) is 0 Å². The number of amides is 1. The van der Waals surface area contributed by atoms with Gasteiger partial charge in [-0.3, -0.25) is 4.79 Å². The molecule has 0 aromatic heterocycles. The highest BCUT2D eigenvalue weighted by Crippen LogP contribution is 2.44. The summed E-state index contributed by atoms with van der Waals surface area (Å²) in [5.74, 6) is 0.430. The number of methoxy groups -OCH3 is 1. The molecule has 5 nitrogen and oxygen atoms in total. The largest absolute Gasteiger partial charge is 0.493 e. The van der Waals surface area contributed by atoms with Crippen molar-refractivity contribution in [3.05, 3.63) is 56.0 Å². The number of ether oxygens (including phenoxy) is 2. The Morgan fingerprint density at radius 3 is 2.52 bits per heavy atom. The SMILES string of the molecule is CCOc1c(OC)cc(/C=C2\C(=O)N(c3cccc(C(F)(F)F)c3)N=C2C)c(Br)c1Br. The normalized spacial score (nSPS) is 15.5. The summed E-state index contributed by atoms with van der Waals surface area (Å²) in [6, 6.07) is 6.17. The minimum absolute atomic E-state index is 0.0343. The molecule has 10 heteroatoms. The first-order valence-corrected chi connectivity index (χ1v) is 10.6. The predicted molar refractivity (Wildman–Crippen MR) is 120 cm³/mol. The predicted octanol–water partition coefficient (Wildman–Crippen LogP) is 6.44. The quantitative estimate of drug-likeness (QED) is 0.394. The van der Waals surface area contributed by atoms with Gasteiger partial charge in [0, 0.05) is 4.47 Å². The van der Waals surface area contributed by atoms with Gasteiger partial charge in [0.25, 0.3) is 5.91 Å². The van der Waals surface area contributed by atoms with Crippen molar-refractivity contribution in [1.29, 1.82) is 0 Å². The number of benzene rings is 2. The third-order valence-corrected chi connectivity index (χ3v) is 6.59.